The van der Waals surface area contributed by atoms with Gasteiger partial charge in [0.05, 0.1) is 4.92 Å². The number of nitrogens with zero attached hydrogens (tertiary/aromatic N) is 1. The zero-order valence-corrected chi connectivity index (χ0v) is 7.62. The Balaban J connectivity index is 2.53. The maximum absolute atomic E-state index is 10.5. The van der Waals surface area contributed by atoms with Crippen molar-refractivity contribution >= 4 is 0 Å². The van der Waals surface area contributed by atoms with E-state index < -0.39 is 0 Å². The van der Waals surface area contributed by atoms with Crippen molar-refractivity contribution in [1.29, 1.82) is 0 Å². The Morgan fingerprint density at radius 2 is 2.25 bits per heavy atom. The van der Waals surface area contributed by atoms with Gasteiger partial charge in [0.1, 0.15) is 0 Å². The van der Waals surface area contributed by atoms with Crippen LogP contribution in [0, 0.1) is 22.0 Å². The molecule has 1 saturated carbocycles. The van der Waals surface area contributed by atoms with Crippen molar-refractivity contribution in [3.63, 3.8) is 0 Å². The van der Waals surface area contributed by atoms with E-state index in [9.17, 15) is 10.1 Å². The Labute approximate surface area is 72.6 Å². The highest BCUT2D eigenvalue weighted by molar-refractivity contribution is 5.01. The van der Waals surface area contributed by atoms with Gasteiger partial charge in [0.2, 0.25) is 5.70 Å². The molecule has 0 amide bonds. The molecular formula is C9H15NO2. The van der Waals surface area contributed by atoms with E-state index >= 15 is 0 Å². The number of hydrogen-bond acceptors (Lipinski definition) is 2. The van der Waals surface area contributed by atoms with Gasteiger partial charge in [0, 0.05) is 6.42 Å². The fourth-order valence-corrected chi connectivity index (χ4v) is 1.16. The third kappa shape index (κ3) is 3.03. The van der Waals surface area contributed by atoms with Crippen LogP contribution in [0.15, 0.2) is 11.8 Å². The molecule has 0 aliphatic heterocycles. The summed E-state index contributed by atoms with van der Waals surface area (Å²) in [6.45, 7) is 4.01. The zero-order chi connectivity index (χ0) is 9.14. The minimum Gasteiger partial charge on any atom is -0.259 e. The molecule has 1 fully saturated rings. The summed E-state index contributed by atoms with van der Waals surface area (Å²) < 4.78 is 0. The molecule has 3 heteroatoms. The van der Waals surface area contributed by atoms with Crippen LogP contribution in [0.3, 0.4) is 0 Å². The highest BCUT2D eigenvalue weighted by Gasteiger charge is 2.23. The normalized spacial score (nSPS) is 18.4. The smallest absolute Gasteiger partial charge is 0.242 e. The standard InChI is InChI=1S/C9H15NO2/c1-7(2)5-9(10(11)12)6-8-3-4-8/h6-8H,3-5H2,1-2H3. The zero-order valence-electron chi connectivity index (χ0n) is 7.62. The summed E-state index contributed by atoms with van der Waals surface area (Å²) in [5.41, 5.74) is 0.410. The molecule has 12 heavy (non-hydrogen) atoms. The fourth-order valence-electron chi connectivity index (χ4n) is 1.16. The molecule has 0 N–H and O–H groups in total. The van der Waals surface area contributed by atoms with E-state index in [1.807, 2.05) is 19.9 Å². The Bertz CT molecular complexity index is 205. The van der Waals surface area contributed by atoms with Gasteiger partial charge in [-0.3, -0.25) is 10.1 Å². The van der Waals surface area contributed by atoms with E-state index in [1.54, 1.807) is 0 Å². The molecule has 0 heterocycles. The Hall–Kier alpha value is -0.860. The maximum atomic E-state index is 10.5. The first-order valence-electron chi connectivity index (χ1n) is 4.44. The summed E-state index contributed by atoms with van der Waals surface area (Å²) in [7, 11) is 0. The van der Waals surface area contributed by atoms with Crippen molar-refractivity contribution in [2.24, 2.45) is 11.8 Å². The van der Waals surface area contributed by atoms with Crippen LogP contribution in [0.2, 0.25) is 0 Å². The van der Waals surface area contributed by atoms with Gasteiger partial charge in [-0.2, -0.15) is 0 Å². The summed E-state index contributed by atoms with van der Waals surface area (Å²) in [6.07, 6.45) is 4.70. The molecule has 0 saturated heterocycles. The number of rotatable bonds is 4. The molecule has 0 spiro atoms. The predicted molar refractivity (Wildman–Crippen MR) is 47.3 cm³/mol. The highest BCUT2D eigenvalue weighted by atomic mass is 16.6. The molecule has 0 radical (unpaired) electrons. The van der Waals surface area contributed by atoms with E-state index in [1.165, 1.54) is 0 Å². The molecule has 1 aliphatic carbocycles. The van der Waals surface area contributed by atoms with Gasteiger partial charge in [-0.25, -0.2) is 0 Å². The lowest BCUT2D eigenvalue weighted by Gasteiger charge is -2.01. The Kier molecular flexibility index (Phi) is 2.84. The second kappa shape index (κ2) is 3.70. The van der Waals surface area contributed by atoms with Crippen LogP contribution in [0.5, 0.6) is 0 Å². The van der Waals surface area contributed by atoms with Gasteiger partial charge >= 0.3 is 0 Å². The number of hydrogen-bond donors (Lipinski definition) is 0. The third-order valence-corrected chi connectivity index (χ3v) is 1.90. The molecule has 0 aromatic rings. The van der Waals surface area contributed by atoms with Crippen molar-refractivity contribution in [2.75, 3.05) is 0 Å². The van der Waals surface area contributed by atoms with Crippen molar-refractivity contribution in [3.05, 3.63) is 21.9 Å². The van der Waals surface area contributed by atoms with Gasteiger partial charge in [-0.1, -0.05) is 13.8 Å². The topological polar surface area (TPSA) is 43.1 Å². The lowest BCUT2D eigenvalue weighted by molar-refractivity contribution is -0.429. The summed E-state index contributed by atoms with van der Waals surface area (Å²) >= 11 is 0. The monoisotopic (exact) mass is 169 g/mol. The largest absolute Gasteiger partial charge is 0.259 e. The fraction of sp³-hybridized carbons (Fsp3) is 0.778. The summed E-state index contributed by atoms with van der Waals surface area (Å²) in [5, 5.41) is 10.5. The average Bonchev–Trinajstić information content (AvgIpc) is 2.68. The second-order valence-electron chi connectivity index (χ2n) is 3.85. The lowest BCUT2D eigenvalue weighted by atomic mass is 10.1. The molecule has 0 unspecified atom stereocenters. The van der Waals surface area contributed by atoms with Crippen LogP contribution in [0.4, 0.5) is 0 Å². The van der Waals surface area contributed by atoms with E-state index in [4.69, 9.17) is 0 Å². The minimum absolute atomic E-state index is 0.238. The van der Waals surface area contributed by atoms with Crippen molar-refractivity contribution in [3.8, 4) is 0 Å². The highest BCUT2D eigenvalue weighted by Crippen LogP contribution is 2.32. The summed E-state index contributed by atoms with van der Waals surface area (Å²) in [6, 6.07) is 0. The molecule has 3 nitrogen and oxygen atoms in total. The maximum Gasteiger partial charge on any atom is 0.242 e. The minimum atomic E-state index is -0.238. The molecule has 1 rings (SSSR count). The van der Waals surface area contributed by atoms with Crippen molar-refractivity contribution < 1.29 is 4.92 Å². The van der Waals surface area contributed by atoms with E-state index in [2.05, 4.69) is 0 Å². The Morgan fingerprint density at radius 3 is 2.58 bits per heavy atom. The first-order valence-corrected chi connectivity index (χ1v) is 4.44. The van der Waals surface area contributed by atoms with E-state index in [0.717, 1.165) is 12.8 Å². The van der Waals surface area contributed by atoms with E-state index in [0.29, 0.717) is 24.0 Å². The molecule has 0 bridgehead atoms. The van der Waals surface area contributed by atoms with Gasteiger partial charge in [-0.15, -0.1) is 0 Å². The lowest BCUT2D eigenvalue weighted by Crippen LogP contribution is -2.02. The van der Waals surface area contributed by atoms with Gasteiger partial charge in [-0.05, 0) is 30.8 Å². The molecular weight excluding hydrogens is 154 g/mol. The third-order valence-electron chi connectivity index (χ3n) is 1.90. The van der Waals surface area contributed by atoms with Crippen molar-refractivity contribution in [2.45, 2.75) is 33.1 Å². The molecule has 0 aromatic carbocycles. The molecule has 0 atom stereocenters. The van der Waals surface area contributed by atoms with Gasteiger partial charge in [0.15, 0.2) is 0 Å². The van der Waals surface area contributed by atoms with Crippen LogP contribution in [0.25, 0.3) is 0 Å². The summed E-state index contributed by atoms with van der Waals surface area (Å²) in [5.74, 6) is 0.879. The molecule has 1 aliphatic rings. The first kappa shape index (κ1) is 9.23. The van der Waals surface area contributed by atoms with Crippen LogP contribution < -0.4 is 0 Å². The van der Waals surface area contributed by atoms with Crippen LogP contribution in [-0.4, -0.2) is 4.92 Å². The van der Waals surface area contributed by atoms with Gasteiger partial charge in [0.25, 0.3) is 0 Å². The van der Waals surface area contributed by atoms with Crippen LogP contribution >= 0.6 is 0 Å². The van der Waals surface area contributed by atoms with E-state index in [-0.39, 0.29) is 4.92 Å². The number of allylic oxidation sites excluding steroid dienone is 2. The summed E-state index contributed by atoms with van der Waals surface area (Å²) in [4.78, 5) is 10.3. The average molecular weight is 169 g/mol. The molecule has 68 valence electrons. The predicted octanol–water partition coefficient (Wildman–Crippen LogP) is 2.60. The second-order valence-corrected chi connectivity index (χ2v) is 3.85. The Morgan fingerprint density at radius 1 is 1.67 bits per heavy atom. The van der Waals surface area contributed by atoms with Gasteiger partial charge < -0.3 is 0 Å². The van der Waals surface area contributed by atoms with Crippen LogP contribution in [-0.2, 0) is 0 Å². The first-order chi connectivity index (χ1) is 5.59. The number of nitro groups is 1. The van der Waals surface area contributed by atoms with Crippen LogP contribution in [0.1, 0.15) is 33.1 Å². The van der Waals surface area contributed by atoms with Crippen molar-refractivity contribution in [1.82, 2.24) is 0 Å². The SMILES string of the molecule is CC(C)CC(=CC1CC1)[N+](=O)[O-]. The molecule has 0 aromatic heterocycles. The quantitative estimate of drug-likeness (QED) is 0.479.